The highest BCUT2D eigenvalue weighted by Gasteiger charge is 2.43. The van der Waals surface area contributed by atoms with Crippen molar-refractivity contribution in [2.75, 3.05) is 19.6 Å². The fraction of sp³-hybridized carbons (Fsp3) is 0.818. The van der Waals surface area contributed by atoms with Crippen LogP contribution in [0.15, 0.2) is 0 Å². The highest BCUT2D eigenvalue weighted by Crippen LogP contribution is 2.31. The van der Waals surface area contributed by atoms with E-state index in [-0.39, 0.29) is 18.4 Å². The molecule has 2 aliphatic rings. The van der Waals surface area contributed by atoms with E-state index in [9.17, 15) is 9.59 Å². The zero-order valence-corrected chi connectivity index (χ0v) is 9.82. The molecule has 0 aliphatic carbocycles. The van der Waals surface area contributed by atoms with Gasteiger partial charge in [0.1, 0.15) is 0 Å². The molecule has 2 amide bonds. The van der Waals surface area contributed by atoms with Crippen LogP contribution in [-0.4, -0.2) is 48.4 Å². The third kappa shape index (κ3) is 2.04. The van der Waals surface area contributed by atoms with Crippen molar-refractivity contribution in [3.8, 4) is 0 Å². The summed E-state index contributed by atoms with van der Waals surface area (Å²) < 4.78 is 0. The lowest BCUT2D eigenvalue weighted by molar-refractivity contribution is -0.134. The minimum absolute atomic E-state index is 0.0406. The second kappa shape index (κ2) is 4.41. The number of carbonyl (C=O) groups is 2. The molecule has 0 aromatic rings. The van der Waals surface area contributed by atoms with Gasteiger partial charge in [-0.15, -0.1) is 0 Å². The minimum Gasteiger partial charge on any atom is -0.347 e. The summed E-state index contributed by atoms with van der Waals surface area (Å²) in [5.41, 5.74) is 0. The van der Waals surface area contributed by atoms with Crippen LogP contribution < -0.4 is 10.6 Å². The number of nitrogens with one attached hydrogen (secondary N) is 2. The van der Waals surface area contributed by atoms with Crippen molar-refractivity contribution >= 4 is 11.8 Å². The van der Waals surface area contributed by atoms with Crippen LogP contribution in [-0.2, 0) is 9.59 Å². The van der Waals surface area contributed by atoms with Crippen LogP contribution in [0.1, 0.15) is 20.3 Å². The summed E-state index contributed by atoms with van der Waals surface area (Å²) in [7, 11) is 0. The van der Waals surface area contributed by atoms with Crippen LogP contribution >= 0.6 is 0 Å². The lowest BCUT2D eigenvalue weighted by Crippen LogP contribution is -2.47. The summed E-state index contributed by atoms with van der Waals surface area (Å²) in [5.74, 6) is 0.483. The highest BCUT2D eigenvalue weighted by atomic mass is 16.2. The van der Waals surface area contributed by atoms with Gasteiger partial charge in [-0.25, -0.2) is 0 Å². The highest BCUT2D eigenvalue weighted by molar-refractivity contribution is 5.84. The molecule has 2 aliphatic heterocycles. The fourth-order valence-electron chi connectivity index (χ4n) is 2.89. The first kappa shape index (κ1) is 11.4. The number of nitrogens with zero attached hydrogens (tertiary/aromatic N) is 1. The Morgan fingerprint density at radius 3 is 2.88 bits per heavy atom. The maximum Gasteiger partial charge on any atom is 0.242 e. The second-order valence-electron chi connectivity index (χ2n) is 4.78. The van der Waals surface area contributed by atoms with E-state index in [0.29, 0.717) is 18.0 Å². The molecule has 0 radical (unpaired) electrons. The Morgan fingerprint density at radius 2 is 2.19 bits per heavy atom. The maximum atomic E-state index is 12.0. The third-order valence-electron chi connectivity index (χ3n) is 3.56. The van der Waals surface area contributed by atoms with Crippen molar-refractivity contribution in [3.05, 3.63) is 0 Å². The van der Waals surface area contributed by atoms with Gasteiger partial charge >= 0.3 is 0 Å². The van der Waals surface area contributed by atoms with E-state index in [0.717, 1.165) is 19.5 Å². The van der Waals surface area contributed by atoms with Crippen molar-refractivity contribution in [1.82, 2.24) is 15.5 Å². The predicted molar refractivity (Wildman–Crippen MR) is 59.8 cm³/mol. The molecule has 0 aromatic carbocycles. The van der Waals surface area contributed by atoms with Crippen LogP contribution in [0.5, 0.6) is 0 Å². The van der Waals surface area contributed by atoms with Crippen molar-refractivity contribution in [2.24, 2.45) is 5.92 Å². The van der Waals surface area contributed by atoms with Crippen molar-refractivity contribution in [1.29, 1.82) is 0 Å². The molecule has 2 saturated heterocycles. The summed E-state index contributed by atoms with van der Waals surface area (Å²) in [6.07, 6.45) is 1.07. The van der Waals surface area contributed by atoms with Crippen molar-refractivity contribution < 1.29 is 9.59 Å². The number of fused-ring (bicyclic) bond motifs is 1. The molecule has 5 heteroatoms. The van der Waals surface area contributed by atoms with Crippen LogP contribution in [0.2, 0.25) is 0 Å². The van der Waals surface area contributed by atoms with Gasteiger partial charge < -0.3 is 15.5 Å². The first-order valence-electron chi connectivity index (χ1n) is 5.86. The first-order chi connectivity index (χ1) is 7.59. The number of rotatable bonds is 2. The normalized spacial score (nSPS) is 32.6. The first-order valence-corrected chi connectivity index (χ1v) is 5.86. The zero-order valence-electron chi connectivity index (χ0n) is 9.82. The standard InChI is InChI=1S/C11H19N3O2/c1-7-3-9-4-12-5-10(9)14(7)11(16)6-13-8(2)15/h7,9-10,12H,3-6H2,1-2H3,(H,13,15). The van der Waals surface area contributed by atoms with Crippen LogP contribution in [0.3, 0.4) is 0 Å². The van der Waals surface area contributed by atoms with Crippen molar-refractivity contribution in [3.63, 3.8) is 0 Å². The Balaban J connectivity index is 1.96. The Morgan fingerprint density at radius 1 is 1.44 bits per heavy atom. The van der Waals surface area contributed by atoms with Gasteiger partial charge in [0.25, 0.3) is 0 Å². The summed E-state index contributed by atoms with van der Waals surface area (Å²) in [5, 5.41) is 5.89. The minimum atomic E-state index is -0.152. The second-order valence-corrected chi connectivity index (χ2v) is 4.78. The third-order valence-corrected chi connectivity index (χ3v) is 3.56. The molecule has 2 rings (SSSR count). The topological polar surface area (TPSA) is 61.4 Å². The summed E-state index contributed by atoms with van der Waals surface area (Å²) in [6, 6.07) is 0.634. The molecular formula is C11H19N3O2. The lowest BCUT2D eigenvalue weighted by atomic mass is 10.0. The fourth-order valence-corrected chi connectivity index (χ4v) is 2.89. The molecule has 2 heterocycles. The molecule has 16 heavy (non-hydrogen) atoms. The number of amides is 2. The number of likely N-dealkylation sites (tertiary alicyclic amines) is 1. The predicted octanol–water partition coefficient (Wildman–Crippen LogP) is -0.669. The molecule has 0 bridgehead atoms. The van der Waals surface area contributed by atoms with Crippen LogP contribution in [0.4, 0.5) is 0 Å². The van der Waals surface area contributed by atoms with E-state index >= 15 is 0 Å². The summed E-state index contributed by atoms with van der Waals surface area (Å²) in [4.78, 5) is 24.7. The average molecular weight is 225 g/mol. The molecule has 90 valence electrons. The summed E-state index contributed by atoms with van der Waals surface area (Å²) in [6.45, 7) is 5.55. The Labute approximate surface area is 95.6 Å². The van der Waals surface area contributed by atoms with Gasteiger partial charge in [0, 0.05) is 32.1 Å². The number of hydrogen-bond acceptors (Lipinski definition) is 3. The monoisotopic (exact) mass is 225 g/mol. The molecule has 3 atom stereocenters. The van der Waals surface area contributed by atoms with Crippen LogP contribution in [0, 0.1) is 5.92 Å². The smallest absolute Gasteiger partial charge is 0.242 e. The van der Waals surface area contributed by atoms with Gasteiger partial charge in [-0.3, -0.25) is 9.59 Å². The van der Waals surface area contributed by atoms with E-state index < -0.39 is 0 Å². The molecule has 2 N–H and O–H groups in total. The van der Waals surface area contributed by atoms with Gasteiger partial charge in [0.05, 0.1) is 6.54 Å². The van der Waals surface area contributed by atoms with Gasteiger partial charge in [-0.1, -0.05) is 0 Å². The number of carbonyl (C=O) groups excluding carboxylic acids is 2. The molecule has 0 spiro atoms. The van der Waals surface area contributed by atoms with Crippen LogP contribution in [0.25, 0.3) is 0 Å². The Hall–Kier alpha value is -1.10. The van der Waals surface area contributed by atoms with E-state index in [1.807, 2.05) is 4.90 Å². The largest absolute Gasteiger partial charge is 0.347 e. The SMILES string of the molecule is CC(=O)NCC(=O)N1C(C)CC2CNCC21. The zero-order chi connectivity index (χ0) is 11.7. The molecule has 2 fully saturated rings. The van der Waals surface area contributed by atoms with Gasteiger partial charge in [0.2, 0.25) is 11.8 Å². The Bertz CT molecular complexity index is 306. The summed E-state index contributed by atoms with van der Waals surface area (Å²) >= 11 is 0. The van der Waals surface area contributed by atoms with Gasteiger partial charge in [0.15, 0.2) is 0 Å². The lowest BCUT2D eigenvalue weighted by Gasteiger charge is -2.27. The van der Waals surface area contributed by atoms with Gasteiger partial charge in [-0.05, 0) is 19.3 Å². The van der Waals surface area contributed by atoms with Crippen molar-refractivity contribution in [2.45, 2.75) is 32.4 Å². The molecule has 5 nitrogen and oxygen atoms in total. The maximum absolute atomic E-state index is 12.0. The van der Waals surface area contributed by atoms with E-state index in [1.165, 1.54) is 6.92 Å². The van der Waals surface area contributed by atoms with Gasteiger partial charge in [-0.2, -0.15) is 0 Å². The number of hydrogen-bond donors (Lipinski definition) is 2. The van der Waals surface area contributed by atoms with E-state index in [2.05, 4.69) is 17.6 Å². The molecule has 3 unspecified atom stereocenters. The molecule has 0 saturated carbocycles. The molecule has 0 aromatic heterocycles. The quantitative estimate of drug-likeness (QED) is 0.655. The average Bonchev–Trinajstić information content (AvgIpc) is 2.73. The Kier molecular flexibility index (Phi) is 3.14. The molecular weight excluding hydrogens is 206 g/mol. The van der Waals surface area contributed by atoms with E-state index in [4.69, 9.17) is 0 Å². The van der Waals surface area contributed by atoms with E-state index in [1.54, 1.807) is 0 Å².